The molecule has 1 saturated heterocycles. The topological polar surface area (TPSA) is 71.8 Å². The molecule has 4 rings (SSSR count). The first-order valence-corrected chi connectivity index (χ1v) is 8.40. The van der Waals surface area contributed by atoms with Crippen molar-refractivity contribution in [1.29, 1.82) is 0 Å². The zero-order chi connectivity index (χ0) is 17.9. The van der Waals surface area contributed by atoms with Crippen molar-refractivity contribution in [3.05, 3.63) is 54.2 Å². The smallest absolute Gasteiger partial charge is 0.230 e. The number of carbonyl (C=O) groups excluding carboxylic acids is 1. The molecule has 1 aliphatic heterocycles. The quantitative estimate of drug-likeness (QED) is 0.774. The molecule has 1 aliphatic rings. The number of halogens is 1. The van der Waals surface area contributed by atoms with Gasteiger partial charge in [-0.25, -0.2) is 13.9 Å². The van der Waals surface area contributed by atoms with Gasteiger partial charge < -0.3 is 15.0 Å². The van der Waals surface area contributed by atoms with Crippen LogP contribution in [0.4, 0.5) is 15.9 Å². The lowest BCUT2D eigenvalue weighted by molar-refractivity contribution is -0.115. The highest BCUT2D eigenvalue weighted by Crippen LogP contribution is 2.31. The fourth-order valence-corrected chi connectivity index (χ4v) is 3.04. The standard InChI is InChI=1S/C18H18FN5O2/c19-14-3-1-13(2-4-14)11-16(25)21-18-17(23-7-9-26-10-8-23)15-5-6-20-12-24(15)22-18/h1-6,12H,7-11H2,(H,21,22,25). The largest absolute Gasteiger partial charge is 0.378 e. The SMILES string of the molecule is O=C(Cc1ccc(F)cc1)Nc1nn2cnccc2c1N1CCOCC1. The van der Waals surface area contributed by atoms with Crippen LogP contribution in [0.3, 0.4) is 0 Å². The van der Waals surface area contributed by atoms with E-state index in [9.17, 15) is 9.18 Å². The molecule has 3 heterocycles. The van der Waals surface area contributed by atoms with Crippen LogP contribution in [-0.4, -0.2) is 46.8 Å². The number of hydrogen-bond donors (Lipinski definition) is 1. The van der Waals surface area contributed by atoms with Gasteiger partial charge in [0.15, 0.2) is 5.82 Å². The minimum atomic E-state index is -0.323. The molecule has 1 aromatic carbocycles. The Kier molecular flexibility index (Phi) is 4.49. The van der Waals surface area contributed by atoms with Crippen molar-refractivity contribution in [2.24, 2.45) is 0 Å². The summed E-state index contributed by atoms with van der Waals surface area (Å²) in [4.78, 5) is 18.7. The summed E-state index contributed by atoms with van der Waals surface area (Å²) < 4.78 is 20.1. The van der Waals surface area contributed by atoms with E-state index in [1.165, 1.54) is 12.1 Å². The van der Waals surface area contributed by atoms with Crippen LogP contribution in [-0.2, 0) is 16.0 Å². The molecule has 0 aliphatic carbocycles. The molecular weight excluding hydrogens is 337 g/mol. The number of carbonyl (C=O) groups is 1. The molecule has 0 bridgehead atoms. The number of ether oxygens (including phenoxy) is 1. The van der Waals surface area contributed by atoms with Crippen LogP contribution < -0.4 is 10.2 Å². The van der Waals surface area contributed by atoms with E-state index in [2.05, 4.69) is 20.3 Å². The number of amides is 1. The van der Waals surface area contributed by atoms with Gasteiger partial charge in [0, 0.05) is 19.3 Å². The van der Waals surface area contributed by atoms with Crippen molar-refractivity contribution in [2.75, 3.05) is 36.5 Å². The van der Waals surface area contributed by atoms with Crippen LogP contribution >= 0.6 is 0 Å². The van der Waals surface area contributed by atoms with E-state index in [1.807, 2.05) is 6.07 Å². The van der Waals surface area contributed by atoms with E-state index in [-0.39, 0.29) is 18.1 Å². The third-order valence-electron chi connectivity index (χ3n) is 4.28. The van der Waals surface area contributed by atoms with Gasteiger partial charge in [0.05, 0.1) is 25.2 Å². The van der Waals surface area contributed by atoms with Crippen molar-refractivity contribution < 1.29 is 13.9 Å². The summed E-state index contributed by atoms with van der Waals surface area (Å²) in [7, 11) is 0. The van der Waals surface area contributed by atoms with Crippen molar-refractivity contribution in [1.82, 2.24) is 14.6 Å². The van der Waals surface area contributed by atoms with Crippen LogP contribution in [0.15, 0.2) is 42.9 Å². The minimum absolute atomic E-state index is 0.148. The highest BCUT2D eigenvalue weighted by atomic mass is 19.1. The van der Waals surface area contributed by atoms with Gasteiger partial charge in [0.1, 0.15) is 17.8 Å². The lowest BCUT2D eigenvalue weighted by Crippen LogP contribution is -2.36. The van der Waals surface area contributed by atoms with Crippen LogP contribution in [0.25, 0.3) is 5.52 Å². The lowest BCUT2D eigenvalue weighted by atomic mass is 10.1. The first-order chi connectivity index (χ1) is 12.7. The Hall–Kier alpha value is -3.00. The molecular formula is C18H18FN5O2. The van der Waals surface area contributed by atoms with E-state index in [0.29, 0.717) is 19.0 Å². The summed E-state index contributed by atoms with van der Waals surface area (Å²) in [6.45, 7) is 2.71. The molecule has 26 heavy (non-hydrogen) atoms. The Morgan fingerprint density at radius 1 is 1.19 bits per heavy atom. The third kappa shape index (κ3) is 3.36. The van der Waals surface area contributed by atoms with Gasteiger partial charge in [-0.3, -0.25) is 4.79 Å². The summed E-state index contributed by atoms with van der Waals surface area (Å²) in [5.74, 6) is -0.0360. The number of nitrogens with zero attached hydrogens (tertiary/aromatic N) is 4. The number of anilines is 2. The Bertz CT molecular complexity index is 919. The van der Waals surface area contributed by atoms with Crippen LogP contribution in [0.2, 0.25) is 0 Å². The molecule has 3 aromatic rings. The zero-order valence-electron chi connectivity index (χ0n) is 14.1. The van der Waals surface area contributed by atoms with Crippen LogP contribution in [0.1, 0.15) is 5.56 Å². The summed E-state index contributed by atoms with van der Waals surface area (Å²) >= 11 is 0. The Morgan fingerprint density at radius 3 is 2.73 bits per heavy atom. The molecule has 0 saturated carbocycles. The first kappa shape index (κ1) is 16.5. The average Bonchev–Trinajstić information content (AvgIpc) is 3.02. The van der Waals surface area contributed by atoms with Crippen molar-refractivity contribution in [2.45, 2.75) is 6.42 Å². The Morgan fingerprint density at radius 2 is 1.96 bits per heavy atom. The summed E-state index contributed by atoms with van der Waals surface area (Å²) in [5.41, 5.74) is 2.48. The average molecular weight is 355 g/mol. The van der Waals surface area contributed by atoms with Crippen LogP contribution in [0, 0.1) is 5.82 Å². The fraction of sp³-hybridized carbons (Fsp3) is 0.278. The maximum Gasteiger partial charge on any atom is 0.230 e. The van der Waals surface area contributed by atoms with Crippen molar-refractivity contribution >= 4 is 22.9 Å². The van der Waals surface area contributed by atoms with Gasteiger partial charge in [-0.2, -0.15) is 0 Å². The van der Waals surface area contributed by atoms with Gasteiger partial charge in [-0.05, 0) is 23.8 Å². The third-order valence-corrected chi connectivity index (χ3v) is 4.28. The molecule has 7 nitrogen and oxygen atoms in total. The molecule has 0 spiro atoms. The summed E-state index contributed by atoms with van der Waals surface area (Å²) in [6.07, 6.45) is 3.45. The van der Waals surface area contributed by atoms with E-state index in [1.54, 1.807) is 29.2 Å². The molecule has 1 fully saturated rings. The van der Waals surface area contributed by atoms with E-state index < -0.39 is 0 Å². The zero-order valence-corrected chi connectivity index (χ0v) is 14.1. The van der Waals surface area contributed by atoms with Gasteiger partial charge in [-0.15, -0.1) is 5.10 Å². The van der Waals surface area contributed by atoms with Crippen molar-refractivity contribution in [3.8, 4) is 0 Å². The summed E-state index contributed by atoms with van der Waals surface area (Å²) in [5, 5.41) is 7.35. The number of nitrogens with one attached hydrogen (secondary N) is 1. The molecule has 8 heteroatoms. The number of hydrogen-bond acceptors (Lipinski definition) is 5. The number of rotatable bonds is 4. The number of morpholine rings is 1. The molecule has 0 radical (unpaired) electrons. The molecule has 134 valence electrons. The predicted octanol–water partition coefficient (Wildman–Crippen LogP) is 1.89. The summed E-state index contributed by atoms with van der Waals surface area (Å²) in [6, 6.07) is 7.76. The number of fused-ring (bicyclic) bond motifs is 1. The maximum atomic E-state index is 13.0. The van der Waals surface area contributed by atoms with Gasteiger partial charge in [0.2, 0.25) is 5.91 Å². The monoisotopic (exact) mass is 355 g/mol. The highest BCUT2D eigenvalue weighted by molar-refractivity contribution is 5.97. The van der Waals surface area contributed by atoms with E-state index in [0.717, 1.165) is 29.9 Å². The lowest BCUT2D eigenvalue weighted by Gasteiger charge is -2.28. The maximum absolute atomic E-state index is 13.0. The first-order valence-electron chi connectivity index (χ1n) is 8.40. The minimum Gasteiger partial charge on any atom is -0.378 e. The Labute approximate surface area is 149 Å². The molecule has 2 aromatic heterocycles. The van der Waals surface area contributed by atoms with Crippen molar-refractivity contribution in [3.63, 3.8) is 0 Å². The second-order valence-corrected chi connectivity index (χ2v) is 6.06. The van der Waals surface area contributed by atoms with Gasteiger partial charge >= 0.3 is 0 Å². The highest BCUT2D eigenvalue weighted by Gasteiger charge is 2.22. The Balaban J connectivity index is 1.60. The number of aromatic nitrogens is 3. The second kappa shape index (κ2) is 7.09. The fourth-order valence-electron chi connectivity index (χ4n) is 3.04. The molecule has 1 amide bonds. The second-order valence-electron chi connectivity index (χ2n) is 6.06. The van der Waals surface area contributed by atoms with Crippen LogP contribution in [0.5, 0.6) is 0 Å². The predicted molar refractivity (Wildman–Crippen MR) is 94.8 cm³/mol. The molecule has 1 N–H and O–H groups in total. The van der Waals surface area contributed by atoms with Gasteiger partial charge in [0.25, 0.3) is 0 Å². The molecule has 0 unspecified atom stereocenters. The van der Waals surface area contributed by atoms with E-state index in [4.69, 9.17) is 4.74 Å². The van der Waals surface area contributed by atoms with Gasteiger partial charge in [-0.1, -0.05) is 12.1 Å². The number of benzene rings is 1. The normalized spacial score (nSPS) is 14.6. The van der Waals surface area contributed by atoms with E-state index >= 15 is 0 Å². The molecule has 0 atom stereocenters.